The Kier molecular flexibility index (Phi) is 3.22. The minimum absolute atomic E-state index is 0.000972. The van der Waals surface area contributed by atoms with Gasteiger partial charge in [-0.25, -0.2) is 0 Å². The monoisotopic (exact) mass is 208 g/mol. The lowest BCUT2D eigenvalue weighted by Gasteiger charge is -2.33. The maximum absolute atomic E-state index is 12.1. The van der Waals surface area contributed by atoms with E-state index in [1.165, 1.54) is 0 Å². The van der Waals surface area contributed by atoms with E-state index in [9.17, 15) is 4.79 Å². The predicted octanol–water partition coefficient (Wildman–Crippen LogP) is 0.928. The van der Waals surface area contributed by atoms with Gasteiger partial charge in [0.1, 0.15) is 6.04 Å². The molecule has 2 saturated heterocycles. The Morgan fingerprint density at radius 2 is 2.27 bits per heavy atom. The fraction of sp³-hybridized carbons (Fsp3) is 0.818. The van der Waals surface area contributed by atoms with Gasteiger partial charge in [0.05, 0.1) is 18.6 Å². The Bertz CT molecular complexity index is 279. The minimum Gasteiger partial charge on any atom is -0.381 e. The van der Waals surface area contributed by atoms with Crippen molar-refractivity contribution in [3.05, 3.63) is 0 Å². The van der Waals surface area contributed by atoms with Crippen LogP contribution in [-0.4, -0.2) is 36.6 Å². The summed E-state index contributed by atoms with van der Waals surface area (Å²) in [4.78, 5) is 13.8. The molecule has 0 radical (unpaired) electrons. The molecule has 0 saturated carbocycles. The number of ether oxygens (including phenoxy) is 1. The highest BCUT2D eigenvalue weighted by atomic mass is 16.5. The molecule has 2 aliphatic heterocycles. The molecule has 82 valence electrons. The summed E-state index contributed by atoms with van der Waals surface area (Å²) in [6.07, 6.45) is 3.73. The van der Waals surface area contributed by atoms with Gasteiger partial charge in [0.2, 0.25) is 5.91 Å². The molecule has 2 unspecified atom stereocenters. The molecule has 1 amide bonds. The molecule has 2 rings (SSSR count). The average molecular weight is 208 g/mol. The van der Waals surface area contributed by atoms with E-state index < -0.39 is 0 Å². The molecule has 0 aromatic heterocycles. The van der Waals surface area contributed by atoms with Crippen molar-refractivity contribution < 1.29 is 9.53 Å². The quantitative estimate of drug-likeness (QED) is 0.644. The SMILES string of the molecule is N#CC1CCCCN1C(=O)C1CCOC1. The summed E-state index contributed by atoms with van der Waals surface area (Å²) in [5.74, 6) is 0.123. The molecular weight excluding hydrogens is 192 g/mol. The molecule has 0 bridgehead atoms. The summed E-state index contributed by atoms with van der Waals surface area (Å²) in [5, 5.41) is 8.98. The van der Waals surface area contributed by atoms with Crippen LogP contribution in [0.15, 0.2) is 0 Å². The van der Waals surface area contributed by atoms with Crippen LogP contribution in [0.3, 0.4) is 0 Å². The van der Waals surface area contributed by atoms with E-state index >= 15 is 0 Å². The van der Waals surface area contributed by atoms with Crippen molar-refractivity contribution in [1.29, 1.82) is 5.26 Å². The number of carbonyl (C=O) groups is 1. The van der Waals surface area contributed by atoms with E-state index in [0.717, 1.165) is 32.2 Å². The largest absolute Gasteiger partial charge is 0.381 e. The first-order valence-corrected chi connectivity index (χ1v) is 5.61. The Labute approximate surface area is 89.8 Å². The minimum atomic E-state index is -0.202. The van der Waals surface area contributed by atoms with Crippen LogP contribution in [0, 0.1) is 17.2 Å². The van der Waals surface area contributed by atoms with Gasteiger partial charge in [-0.05, 0) is 25.7 Å². The first-order chi connectivity index (χ1) is 7.33. The first-order valence-electron chi connectivity index (χ1n) is 5.61. The number of piperidine rings is 1. The van der Waals surface area contributed by atoms with Crippen molar-refractivity contribution in [2.45, 2.75) is 31.7 Å². The van der Waals surface area contributed by atoms with Gasteiger partial charge in [-0.15, -0.1) is 0 Å². The summed E-state index contributed by atoms with van der Waals surface area (Å²) >= 11 is 0. The molecule has 2 aliphatic rings. The summed E-state index contributed by atoms with van der Waals surface area (Å²) < 4.78 is 5.21. The summed E-state index contributed by atoms with van der Waals surface area (Å²) in [6, 6.07) is 2.02. The lowest BCUT2D eigenvalue weighted by molar-refractivity contribution is -0.137. The van der Waals surface area contributed by atoms with Crippen LogP contribution in [0.25, 0.3) is 0 Å². The van der Waals surface area contributed by atoms with Crippen LogP contribution in [0.4, 0.5) is 0 Å². The molecule has 0 spiro atoms. The number of hydrogen-bond acceptors (Lipinski definition) is 3. The van der Waals surface area contributed by atoms with Crippen molar-refractivity contribution in [3.63, 3.8) is 0 Å². The van der Waals surface area contributed by atoms with Crippen LogP contribution in [-0.2, 0) is 9.53 Å². The molecule has 0 aromatic carbocycles. The lowest BCUT2D eigenvalue weighted by atomic mass is 9.99. The molecule has 2 atom stereocenters. The van der Waals surface area contributed by atoms with Crippen LogP contribution >= 0.6 is 0 Å². The molecule has 0 N–H and O–H groups in total. The molecule has 15 heavy (non-hydrogen) atoms. The van der Waals surface area contributed by atoms with E-state index in [0.29, 0.717) is 13.2 Å². The number of nitriles is 1. The van der Waals surface area contributed by atoms with Crippen molar-refractivity contribution in [2.75, 3.05) is 19.8 Å². The standard InChI is InChI=1S/C11H16N2O2/c12-7-10-3-1-2-5-13(10)11(14)9-4-6-15-8-9/h9-10H,1-6,8H2. The van der Waals surface area contributed by atoms with Crippen LogP contribution in [0.1, 0.15) is 25.7 Å². The van der Waals surface area contributed by atoms with Gasteiger partial charge in [-0.3, -0.25) is 4.79 Å². The topological polar surface area (TPSA) is 53.3 Å². The number of nitrogens with zero attached hydrogens (tertiary/aromatic N) is 2. The Balaban J connectivity index is 2.00. The highest BCUT2D eigenvalue weighted by Gasteiger charge is 2.33. The van der Waals surface area contributed by atoms with Crippen molar-refractivity contribution in [1.82, 2.24) is 4.90 Å². The fourth-order valence-electron chi connectivity index (χ4n) is 2.29. The number of carbonyl (C=O) groups excluding carboxylic acids is 1. The highest BCUT2D eigenvalue weighted by Crippen LogP contribution is 2.22. The van der Waals surface area contributed by atoms with E-state index in [-0.39, 0.29) is 17.9 Å². The number of hydrogen-bond donors (Lipinski definition) is 0. The van der Waals surface area contributed by atoms with Crippen LogP contribution < -0.4 is 0 Å². The fourth-order valence-corrected chi connectivity index (χ4v) is 2.29. The number of likely N-dealkylation sites (tertiary alicyclic amines) is 1. The molecule has 4 heteroatoms. The van der Waals surface area contributed by atoms with Crippen molar-refractivity contribution in [3.8, 4) is 6.07 Å². The van der Waals surface area contributed by atoms with Gasteiger partial charge >= 0.3 is 0 Å². The van der Waals surface area contributed by atoms with E-state index in [4.69, 9.17) is 10.00 Å². The van der Waals surface area contributed by atoms with Gasteiger partial charge in [0, 0.05) is 13.2 Å². The van der Waals surface area contributed by atoms with Gasteiger partial charge in [0.25, 0.3) is 0 Å². The first kappa shape index (κ1) is 10.4. The normalized spacial score (nSPS) is 31.3. The Morgan fingerprint density at radius 3 is 2.93 bits per heavy atom. The van der Waals surface area contributed by atoms with E-state index in [2.05, 4.69) is 6.07 Å². The third-order valence-corrected chi connectivity index (χ3v) is 3.21. The molecule has 0 aromatic rings. The highest BCUT2D eigenvalue weighted by molar-refractivity contribution is 5.80. The summed E-state index contributed by atoms with van der Waals surface area (Å²) in [7, 11) is 0. The average Bonchev–Trinajstić information content (AvgIpc) is 2.81. The van der Waals surface area contributed by atoms with E-state index in [1.54, 1.807) is 4.90 Å². The molecule has 0 aliphatic carbocycles. The summed E-state index contributed by atoms with van der Waals surface area (Å²) in [6.45, 7) is 1.96. The van der Waals surface area contributed by atoms with Gasteiger partial charge in [-0.1, -0.05) is 0 Å². The summed E-state index contributed by atoms with van der Waals surface area (Å²) in [5.41, 5.74) is 0. The lowest BCUT2D eigenvalue weighted by Crippen LogP contribution is -2.46. The molecule has 4 nitrogen and oxygen atoms in total. The number of rotatable bonds is 1. The zero-order valence-corrected chi connectivity index (χ0v) is 8.82. The zero-order chi connectivity index (χ0) is 10.7. The third kappa shape index (κ3) is 2.13. The smallest absolute Gasteiger partial charge is 0.229 e. The Morgan fingerprint density at radius 1 is 1.40 bits per heavy atom. The molecule has 2 heterocycles. The second-order valence-electron chi connectivity index (χ2n) is 4.23. The zero-order valence-electron chi connectivity index (χ0n) is 8.82. The van der Waals surface area contributed by atoms with Crippen molar-refractivity contribution in [2.24, 2.45) is 5.92 Å². The number of amides is 1. The van der Waals surface area contributed by atoms with E-state index in [1.807, 2.05) is 0 Å². The van der Waals surface area contributed by atoms with Crippen LogP contribution in [0.5, 0.6) is 0 Å². The van der Waals surface area contributed by atoms with Gasteiger partial charge < -0.3 is 9.64 Å². The van der Waals surface area contributed by atoms with Gasteiger partial charge in [0.15, 0.2) is 0 Å². The van der Waals surface area contributed by atoms with Crippen LogP contribution in [0.2, 0.25) is 0 Å². The Hall–Kier alpha value is -1.08. The maximum atomic E-state index is 12.1. The predicted molar refractivity (Wildman–Crippen MR) is 53.9 cm³/mol. The second-order valence-corrected chi connectivity index (χ2v) is 4.23. The van der Waals surface area contributed by atoms with Crippen molar-refractivity contribution >= 4 is 5.91 Å². The maximum Gasteiger partial charge on any atom is 0.229 e. The van der Waals surface area contributed by atoms with Gasteiger partial charge in [-0.2, -0.15) is 5.26 Å². The second kappa shape index (κ2) is 4.63. The third-order valence-electron chi connectivity index (χ3n) is 3.21. The molecular formula is C11H16N2O2. The molecule has 2 fully saturated rings.